The Bertz CT molecular complexity index is 460. The molecule has 1 atom stereocenters. The molecule has 1 aromatic carbocycles. The molecule has 0 saturated carbocycles. The average molecular weight is 254 g/mol. The van der Waals surface area contributed by atoms with Crippen molar-refractivity contribution < 1.29 is 12.6 Å². The quantitative estimate of drug-likeness (QED) is 0.579. The lowest BCUT2D eigenvalue weighted by Crippen LogP contribution is -2.09. The molecule has 0 aromatic heterocycles. The van der Waals surface area contributed by atoms with Gasteiger partial charge in [-0.1, -0.05) is 30.7 Å². The second kappa shape index (κ2) is 5.98. The van der Waals surface area contributed by atoms with Crippen LogP contribution in [0.2, 0.25) is 0 Å². The minimum absolute atomic E-state index is 0.184. The molecule has 0 fully saturated rings. The Balaban J connectivity index is 2.63. The molecule has 17 heavy (non-hydrogen) atoms. The number of benzene rings is 1. The standard InChI is InChI=1S/C13H18O3S/c1-4-11(2)9-10-16-17(14,15)13-7-5-12(3)6-8-13/h4-8,11H,1,9-10H2,2-3H3. The highest BCUT2D eigenvalue weighted by molar-refractivity contribution is 7.86. The van der Waals surface area contributed by atoms with Crippen LogP contribution in [0.4, 0.5) is 0 Å². The van der Waals surface area contributed by atoms with Crippen LogP contribution in [0.1, 0.15) is 18.9 Å². The molecule has 0 heterocycles. The third-order valence-electron chi connectivity index (χ3n) is 2.52. The fourth-order valence-corrected chi connectivity index (χ4v) is 2.16. The summed E-state index contributed by atoms with van der Waals surface area (Å²) in [7, 11) is -3.62. The molecule has 0 aliphatic rings. The van der Waals surface area contributed by atoms with Gasteiger partial charge in [0.05, 0.1) is 11.5 Å². The third-order valence-corrected chi connectivity index (χ3v) is 3.85. The Labute approximate surface area is 103 Å². The molecule has 0 N–H and O–H groups in total. The Kier molecular flexibility index (Phi) is 4.90. The Morgan fingerprint density at radius 2 is 1.94 bits per heavy atom. The Hall–Kier alpha value is -1.13. The SMILES string of the molecule is C=CC(C)CCOS(=O)(=O)c1ccc(C)cc1. The summed E-state index contributed by atoms with van der Waals surface area (Å²) in [5.41, 5.74) is 1.02. The van der Waals surface area contributed by atoms with Crippen molar-refractivity contribution in [2.24, 2.45) is 5.92 Å². The van der Waals surface area contributed by atoms with E-state index in [-0.39, 0.29) is 17.4 Å². The van der Waals surface area contributed by atoms with Crippen LogP contribution in [0.15, 0.2) is 41.8 Å². The van der Waals surface area contributed by atoms with E-state index in [1.54, 1.807) is 30.3 Å². The second-order valence-electron chi connectivity index (χ2n) is 4.09. The van der Waals surface area contributed by atoms with Gasteiger partial charge in [0.15, 0.2) is 0 Å². The van der Waals surface area contributed by atoms with Crippen molar-refractivity contribution >= 4 is 10.1 Å². The van der Waals surface area contributed by atoms with Gasteiger partial charge in [-0.3, -0.25) is 4.18 Å². The van der Waals surface area contributed by atoms with Crippen molar-refractivity contribution in [3.05, 3.63) is 42.5 Å². The highest BCUT2D eigenvalue weighted by atomic mass is 32.2. The zero-order valence-electron chi connectivity index (χ0n) is 10.2. The van der Waals surface area contributed by atoms with Crippen molar-refractivity contribution in [3.8, 4) is 0 Å². The van der Waals surface area contributed by atoms with Gasteiger partial charge in [0.1, 0.15) is 0 Å². The summed E-state index contributed by atoms with van der Waals surface area (Å²) in [5.74, 6) is 0.253. The molecule has 4 heteroatoms. The Morgan fingerprint density at radius 1 is 1.35 bits per heavy atom. The smallest absolute Gasteiger partial charge is 0.266 e. The number of rotatable bonds is 6. The lowest BCUT2D eigenvalue weighted by molar-refractivity contribution is 0.299. The van der Waals surface area contributed by atoms with Gasteiger partial charge >= 0.3 is 0 Å². The molecule has 0 spiro atoms. The fourth-order valence-electron chi connectivity index (χ4n) is 1.23. The molecular weight excluding hydrogens is 236 g/mol. The molecule has 0 aliphatic heterocycles. The monoisotopic (exact) mass is 254 g/mol. The largest absolute Gasteiger partial charge is 0.296 e. The first kappa shape index (κ1) is 13.9. The van der Waals surface area contributed by atoms with E-state index >= 15 is 0 Å². The van der Waals surface area contributed by atoms with E-state index in [2.05, 4.69) is 6.58 Å². The molecule has 0 amide bonds. The zero-order valence-corrected chi connectivity index (χ0v) is 11.0. The number of hydrogen-bond acceptors (Lipinski definition) is 3. The molecule has 1 unspecified atom stereocenters. The number of hydrogen-bond donors (Lipinski definition) is 0. The third kappa shape index (κ3) is 4.32. The molecular formula is C13H18O3S. The van der Waals surface area contributed by atoms with Gasteiger partial charge in [0.2, 0.25) is 0 Å². The average Bonchev–Trinajstić information content (AvgIpc) is 2.29. The zero-order chi connectivity index (χ0) is 12.9. The second-order valence-corrected chi connectivity index (χ2v) is 5.71. The van der Waals surface area contributed by atoms with Crippen LogP contribution < -0.4 is 0 Å². The van der Waals surface area contributed by atoms with Crippen molar-refractivity contribution in [2.75, 3.05) is 6.61 Å². The van der Waals surface area contributed by atoms with Gasteiger partial charge in [0, 0.05) is 0 Å². The van der Waals surface area contributed by atoms with Gasteiger partial charge in [-0.25, -0.2) is 0 Å². The molecule has 0 bridgehead atoms. The van der Waals surface area contributed by atoms with Crippen LogP contribution in [-0.4, -0.2) is 15.0 Å². The minimum atomic E-state index is -3.62. The predicted molar refractivity (Wildman–Crippen MR) is 68.3 cm³/mol. The maximum atomic E-state index is 11.8. The van der Waals surface area contributed by atoms with E-state index in [4.69, 9.17) is 4.18 Å². The van der Waals surface area contributed by atoms with Crippen LogP contribution in [0.3, 0.4) is 0 Å². The maximum Gasteiger partial charge on any atom is 0.296 e. The summed E-state index contributed by atoms with van der Waals surface area (Å²) in [4.78, 5) is 0.203. The van der Waals surface area contributed by atoms with E-state index in [1.165, 1.54) is 0 Å². The van der Waals surface area contributed by atoms with Crippen molar-refractivity contribution in [2.45, 2.75) is 25.2 Å². The highest BCUT2D eigenvalue weighted by Crippen LogP contribution is 2.14. The van der Waals surface area contributed by atoms with Crippen LogP contribution in [-0.2, 0) is 14.3 Å². The molecule has 0 aliphatic carbocycles. The highest BCUT2D eigenvalue weighted by Gasteiger charge is 2.14. The molecule has 1 rings (SSSR count). The van der Waals surface area contributed by atoms with Crippen LogP contribution in [0.25, 0.3) is 0 Å². The van der Waals surface area contributed by atoms with Gasteiger partial charge in [-0.05, 0) is 31.4 Å². The maximum absolute atomic E-state index is 11.8. The lowest BCUT2D eigenvalue weighted by atomic mass is 10.1. The summed E-state index contributed by atoms with van der Waals surface area (Å²) in [6, 6.07) is 6.62. The first-order valence-corrected chi connectivity index (χ1v) is 6.95. The van der Waals surface area contributed by atoms with E-state index in [0.717, 1.165) is 5.56 Å². The molecule has 1 aromatic rings. The van der Waals surface area contributed by atoms with Crippen molar-refractivity contribution in [1.29, 1.82) is 0 Å². The van der Waals surface area contributed by atoms with E-state index in [9.17, 15) is 8.42 Å². The molecule has 94 valence electrons. The predicted octanol–water partition coefficient (Wildman–Crippen LogP) is 2.91. The fraction of sp³-hybridized carbons (Fsp3) is 0.385. The normalized spacial score (nSPS) is 13.3. The summed E-state index contributed by atoms with van der Waals surface area (Å²) < 4.78 is 28.5. The number of allylic oxidation sites excluding steroid dienone is 1. The van der Waals surface area contributed by atoms with Gasteiger partial charge in [0.25, 0.3) is 10.1 Å². The summed E-state index contributed by atoms with van der Waals surface area (Å²) in [6.45, 7) is 7.70. The lowest BCUT2D eigenvalue weighted by Gasteiger charge is -2.07. The molecule has 0 saturated heterocycles. The summed E-state index contributed by atoms with van der Waals surface area (Å²) in [6.07, 6.45) is 2.43. The minimum Gasteiger partial charge on any atom is -0.266 e. The van der Waals surface area contributed by atoms with Crippen LogP contribution in [0, 0.1) is 12.8 Å². The topological polar surface area (TPSA) is 43.4 Å². The van der Waals surface area contributed by atoms with Gasteiger partial charge < -0.3 is 0 Å². The Morgan fingerprint density at radius 3 is 2.47 bits per heavy atom. The van der Waals surface area contributed by atoms with Crippen LogP contribution >= 0.6 is 0 Å². The van der Waals surface area contributed by atoms with E-state index in [0.29, 0.717) is 6.42 Å². The molecule has 3 nitrogen and oxygen atoms in total. The van der Waals surface area contributed by atoms with Crippen LogP contribution in [0.5, 0.6) is 0 Å². The summed E-state index contributed by atoms with van der Waals surface area (Å²) >= 11 is 0. The van der Waals surface area contributed by atoms with Gasteiger partial charge in [-0.2, -0.15) is 8.42 Å². The first-order valence-electron chi connectivity index (χ1n) is 5.54. The number of aryl methyl sites for hydroxylation is 1. The van der Waals surface area contributed by atoms with E-state index in [1.807, 2.05) is 13.8 Å². The van der Waals surface area contributed by atoms with Gasteiger partial charge in [-0.15, -0.1) is 6.58 Å². The van der Waals surface area contributed by atoms with Crippen molar-refractivity contribution in [3.63, 3.8) is 0 Å². The van der Waals surface area contributed by atoms with E-state index < -0.39 is 10.1 Å². The molecule has 0 radical (unpaired) electrons. The summed E-state index contributed by atoms with van der Waals surface area (Å²) in [5, 5.41) is 0. The van der Waals surface area contributed by atoms with Crippen molar-refractivity contribution in [1.82, 2.24) is 0 Å². The first-order chi connectivity index (χ1) is 7.95.